The van der Waals surface area contributed by atoms with Crippen LogP contribution in [0.2, 0.25) is 10.0 Å². The summed E-state index contributed by atoms with van der Waals surface area (Å²) in [5.41, 5.74) is -1.92. The van der Waals surface area contributed by atoms with Crippen molar-refractivity contribution in [2.24, 2.45) is 0 Å². The minimum absolute atomic E-state index is 0.0764. The molecule has 1 saturated heterocycles. The largest absolute Gasteiger partial charge is 0.399 e. The van der Waals surface area contributed by atoms with E-state index in [-0.39, 0.29) is 28.7 Å². The molecule has 93 valence electrons. The highest BCUT2D eigenvalue weighted by Crippen LogP contribution is 2.45. The van der Waals surface area contributed by atoms with E-state index in [2.05, 4.69) is 5.32 Å². The van der Waals surface area contributed by atoms with Crippen LogP contribution in [0, 0.1) is 6.42 Å². The van der Waals surface area contributed by atoms with E-state index in [0.29, 0.717) is 0 Å². The zero-order valence-corrected chi connectivity index (χ0v) is 10.1. The Hall–Kier alpha value is -0.450. The summed E-state index contributed by atoms with van der Waals surface area (Å²) in [6, 6.07) is 4.04. The minimum Gasteiger partial charge on any atom is -0.315 e. The second kappa shape index (κ2) is 4.34. The molecule has 1 N–H and O–H groups in total. The van der Waals surface area contributed by atoms with Gasteiger partial charge >= 0.3 is 6.18 Å². The van der Waals surface area contributed by atoms with Crippen molar-refractivity contribution in [1.82, 2.24) is 5.32 Å². The van der Waals surface area contributed by atoms with Crippen LogP contribution in [0.1, 0.15) is 5.56 Å². The number of rotatable bonds is 1. The SMILES string of the molecule is FC(F)(F)C1(c2cc(Cl)cc(Cl)c2)[CH]CNC1. The van der Waals surface area contributed by atoms with Gasteiger partial charge in [0.1, 0.15) is 5.41 Å². The first-order chi connectivity index (χ1) is 7.85. The average molecular weight is 283 g/mol. The molecule has 1 aliphatic rings. The molecule has 1 aromatic carbocycles. The molecule has 1 aromatic rings. The molecule has 1 radical (unpaired) electrons. The first-order valence-corrected chi connectivity index (χ1v) is 5.69. The maximum absolute atomic E-state index is 13.2. The molecule has 1 fully saturated rings. The maximum atomic E-state index is 13.2. The third kappa shape index (κ3) is 2.26. The van der Waals surface area contributed by atoms with E-state index >= 15 is 0 Å². The topological polar surface area (TPSA) is 12.0 Å². The minimum atomic E-state index is -4.37. The van der Waals surface area contributed by atoms with Gasteiger partial charge in [-0.15, -0.1) is 0 Å². The highest BCUT2D eigenvalue weighted by Gasteiger charge is 2.57. The number of hydrogen-bond acceptors (Lipinski definition) is 1. The normalized spacial score (nSPS) is 25.2. The molecule has 17 heavy (non-hydrogen) atoms. The zero-order valence-electron chi connectivity index (χ0n) is 8.61. The maximum Gasteiger partial charge on any atom is 0.399 e. The van der Waals surface area contributed by atoms with Gasteiger partial charge in [0, 0.05) is 16.6 Å². The summed E-state index contributed by atoms with van der Waals surface area (Å²) in [4.78, 5) is 0. The number of benzene rings is 1. The van der Waals surface area contributed by atoms with Crippen LogP contribution in [0.15, 0.2) is 18.2 Å². The van der Waals surface area contributed by atoms with E-state index in [1.54, 1.807) is 0 Å². The lowest BCUT2D eigenvalue weighted by atomic mass is 9.79. The summed E-state index contributed by atoms with van der Waals surface area (Å²) in [5, 5.41) is 3.11. The quantitative estimate of drug-likeness (QED) is 0.830. The molecule has 1 nitrogen and oxygen atoms in total. The van der Waals surface area contributed by atoms with Crippen LogP contribution in [0.25, 0.3) is 0 Å². The fourth-order valence-electron chi connectivity index (χ4n) is 2.00. The Balaban J connectivity index is 2.53. The van der Waals surface area contributed by atoms with E-state index in [0.717, 1.165) is 0 Å². The van der Waals surface area contributed by atoms with Crippen LogP contribution in [-0.4, -0.2) is 19.3 Å². The van der Waals surface area contributed by atoms with Gasteiger partial charge in [0.2, 0.25) is 0 Å². The Morgan fingerprint density at radius 3 is 2.12 bits per heavy atom. The molecule has 0 bridgehead atoms. The van der Waals surface area contributed by atoms with E-state index < -0.39 is 11.6 Å². The molecule has 6 heteroatoms. The van der Waals surface area contributed by atoms with Gasteiger partial charge in [0.05, 0.1) is 0 Å². The molecular weight excluding hydrogens is 274 g/mol. The number of halogens is 5. The lowest BCUT2D eigenvalue weighted by Crippen LogP contribution is -2.44. The molecule has 1 atom stereocenters. The predicted molar refractivity (Wildman–Crippen MR) is 61.4 cm³/mol. The van der Waals surface area contributed by atoms with Gasteiger partial charge < -0.3 is 5.32 Å². The highest BCUT2D eigenvalue weighted by atomic mass is 35.5. The molecule has 0 aromatic heterocycles. The predicted octanol–water partition coefficient (Wildman–Crippen LogP) is 3.60. The second-order valence-corrected chi connectivity index (χ2v) is 4.84. The van der Waals surface area contributed by atoms with Crippen molar-refractivity contribution >= 4 is 23.2 Å². The lowest BCUT2D eigenvalue weighted by molar-refractivity contribution is -0.175. The second-order valence-electron chi connectivity index (χ2n) is 3.96. The van der Waals surface area contributed by atoms with Gasteiger partial charge in [-0.05, 0) is 36.7 Å². The standard InChI is InChI=1S/C11H9Cl2F3N/c12-8-3-7(4-9(13)5-8)10(11(14,15)16)1-2-17-6-10/h1,3-5,17H,2,6H2. The summed E-state index contributed by atoms with van der Waals surface area (Å²) in [5.74, 6) is 0. The molecule has 1 heterocycles. The third-order valence-corrected chi connectivity index (χ3v) is 3.32. The smallest absolute Gasteiger partial charge is 0.315 e. The van der Waals surface area contributed by atoms with Crippen LogP contribution in [0.5, 0.6) is 0 Å². The summed E-state index contributed by atoms with van der Waals surface area (Å²) >= 11 is 11.5. The van der Waals surface area contributed by atoms with E-state index in [1.807, 2.05) is 0 Å². The molecule has 0 amide bonds. The first kappa shape index (κ1) is 13.0. The fourth-order valence-corrected chi connectivity index (χ4v) is 2.52. The third-order valence-electron chi connectivity index (χ3n) is 2.88. The van der Waals surface area contributed by atoms with Crippen molar-refractivity contribution in [2.75, 3.05) is 13.1 Å². The molecule has 0 aliphatic carbocycles. The molecule has 1 aliphatic heterocycles. The van der Waals surface area contributed by atoms with Crippen molar-refractivity contribution < 1.29 is 13.2 Å². The number of alkyl halides is 3. The first-order valence-electron chi connectivity index (χ1n) is 4.93. The Kier molecular flexibility index (Phi) is 3.31. The molecule has 2 rings (SSSR count). The molecule has 0 spiro atoms. The van der Waals surface area contributed by atoms with Crippen LogP contribution in [0.3, 0.4) is 0 Å². The monoisotopic (exact) mass is 282 g/mol. The van der Waals surface area contributed by atoms with Crippen LogP contribution >= 0.6 is 23.2 Å². The Morgan fingerprint density at radius 2 is 1.71 bits per heavy atom. The summed E-state index contributed by atoms with van der Waals surface area (Å²) in [6.45, 7) is 0.0246. The van der Waals surface area contributed by atoms with Gasteiger partial charge in [-0.1, -0.05) is 23.2 Å². The van der Waals surface area contributed by atoms with Crippen LogP contribution < -0.4 is 5.32 Å². The van der Waals surface area contributed by atoms with Crippen LogP contribution in [-0.2, 0) is 5.41 Å². The van der Waals surface area contributed by atoms with Crippen molar-refractivity contribution in [3.8, 4) is 0 Å². The average Bonchev–Trinajstić information content (AvgIpc) is 2.64. The van der Waals surface area contributed by atoms with E-state index in [9.17, 15) is 13.2 Å². The lowest BCUT2D eigenvalue weighted by Gasteiger charge is -2.31. The van der Waals surface area contributed by atoms with Gasteiger partial charge in [-0.3, -0.25) is 0 Å². The van der Waals surface area contributed by atoms with Gasteiger partial charge in [-0.2, -0.15) is 13.2 Å². The number of hydrogen-bond donors (Lipinski definition) is 1. The van der Waals surface area contributed by atoms with Gasteiger partial charge in [0.25, 0.3) is 0 Å². The summed E-state index contributed by atoms with van der Waals surface area (Å²) < 4.78 is 39.6. The molecule has 1 unspecified atom stereocenters. The Labute approximate surface area is 107 Å². The molecular formula is C11H9Cl2F3N. The summed E-state index contributed by atoms with van der Waals surface area (Å²) in [7, 11) is 0. The van der Waals surface area contributed by atoms with Crippen molar-refractivity contribution in [1.29, 1.82) is 0 Å². The Morgan fingerprint density at radius 1 is 1.12 bits per heavy atom. The van der Waals surface area contributed by atoms with E-state index in [4.69, 9.17) is 23.2 Å². The zero-order chi connectivity index (χ0) is 12.7. The highest BCUT2D eigenvalue weighted by molar-refractivity contribution is 6.34. The molecule has 0 saturated carbocycles. The van der Waals surface area contributed by atoms with Crippen molar-refractivity contribution in [3.05, 3.63) is 40.2 Å². The summed E-state index contributed by atoms with van der Waals surface area (Å²) in [6.07, 6.45) is -3.15. The van der Waals surface area contributed by atoms with Gasteiger partial charge in [-0.25, -0.2) is 0 Å². The number of nitrogens with one attached hydrogen (secondary N) is 1. The van der Waals surface area contributed by atoms with Crippen molar-refractivity contribution in [2.45, 2.75) is 11.6 Å². The van der Waals surface area contributed by atoms with Gasteiger partial charge in [0.15, 0.2) is 0 Å². The van der Waals surface area contributed by atoms with E-state index in [1.165, 1.54) is 24.6 Å². The Bertz CT molecular complexity index is 405. The fraction of sp³-hybridized carbons (Fsp3) is 0.364. The van der Waals surface area contributed by atoms with Crippen LogP contribution in [0.4, 0.5) is 13.2 Å². The van der Waals surface area contributed by atoms with Crippen molar-refractivity contribution in [3.63, 3.8) is 0 Å².